The van der Waals surface area contributed by atoms with Crippen LogP contribution in [0.5, 0.6) is 0 Å². The van der Waals surface area contributed by atoms with Crippen LogP contribution >= 0.6 is 0 Å². The molecule has 1 aliphatic rings. The average Bonchev–Trinajstić information content (AvgIpc) is 1.69. The first kappa shape index (κ1) is 9.81. The first-order chi connectivity index (χ1) is 3.39. The molecule has 1 unspecified atom stereocenters. The Morgan fingerprint density at radius 1 is 1.50 bits per heavy atom. The van der Waals surface area contributed by atoms with Crippen molar-refractivity contribution in [3.05, 3.63) is 0 Å². The molecule has 1 heterocycles. The van der Waals surface area contributed by atoms with Crippen LogP contribution in [-0.4, -0.2) is 22.6 Å². The zero-order valence-electron chi connectivity index (χ0n) is 6.81. The van der Waals surface area contributed by atoms with E-state index < -0.39 is 0 Å². The Hall–Kier alpha value is 1.81. The maximum absolute atomic E-state index is 5.34. The van der Waals surface area contributed by atoms with Crippen LogP contribution in [0.15, 0.2) is 0 Å². The van der Waals surface area contributed by atoms with Crippen LogP contribution in [-0.2, 0) is 4.74 Å². The molecule has 0 aliphatic carbocycles. The van der Waals surface area contributed by atoms with Crippen molar-refractivity contribution in [2.75, 3.05) is 6.61 Å². The molecule has 1 fully saturated rings. The first-order valence-corrected chi connectivity index (χ1v) is 4.16. The Labute approximate surface area is 97.9 Å². The van der Waals surface area contributed by atoms with E-state index >= 15 is 0 Å². The summed E-state index contributed by atoms with van der Waals surface area (Å²) in [5, 5.41) is 0. The van der Waals surface area contributed by atoms with Gasteiger partial charge in [-0.05, 0) is 19.3 Å². The molecule has 1 rings (SSSR count). The van der Waals surface area contributed by atoms with Crippen LogP contribution in [0.25, 0.3) is 0 Å². The largest absolute Gasteiger partial charge is 1.00 e. The van der Waals surface area contributed by atoms with Crippen LogP contribution in [0.1, 0.15) is 20.7 Å². The fourth-order valence-corrected chi connectivity index (χ4v) is 1.55. The van der Waals surface area contributed by atoms with Crippen molar-refractivity contribution in [1.29, 1.82) is 0 Å². The Morgan fingerprint density at radius 2 is 2.25 bits per heavy atom. The molecule has 3 heteroatoms. The smallest absolute Gasteiger partial charge is 1.00 e. The third kappa shape index (κ3) is 3.77. The van der Waals surface area contributed by atoms with Crippen molar-refractivity contribution >= 4 is 10.2 Å². The summed E-state index contributed by atoms with van der Waals surface area (Å²) in [6.07, 6.45) is 4.01. The standard InChI is InChI=1S/C5H12OSi.K.H/c7-5-3-1-2-4-6-5;;/h5H,1-4H2,7H3;;/q;+1;-1. The van der Waals surface area contributed by atoms with Crippen LogP contribution in [0.3, 0.4) is 0 Å². The summed E-state index contributed by atoms with van der Waals surface area (Å²) in [4.78, 5) is 0. The molecule has 1 saturated heterocycles. The van der Waals surface area contributed by atoms with E-state index in [1.54, 1.807) is 0 Å². The Bertz CT molecular complexity index is 58.9. The molecule has 0 radical (unpaired) electrons. The Kier molecular flexibility index (Phi) is 6.85. The van der Waals surface area contributed by atoms with Gasteiger partial charge in [0.15, 0.2) is 0 Å². The molecule has 0 saturated carbocycles. The van der Waals surface area contributed by atoms with Gasteiger partial charge in [0.2, 0.25) is 0 Å². The van der Waals surface area contributed by atoms with E-state index in [4.69, 9.17) is 4.74 Å². The van der Waals surface area contributed by atoms with Crippen molar-refractivity contribution < 1.29 is 57.5 Å². The molecular weight excluding hydrogens is 143 g/mol. The Balaban J connectivity index is 0. The second-order valence-electron chi connectivity index (χ2n) is 2.18. The number of hydrogen-bond donors (Lipinski definition) is 0. The van der Waals surface area contributed by atoms with Gasteiger partial charge >= 0.3 is 51.4 Å². The van der Waals surface area contributed by atoms with Gasteiger partial charge in [0, 0.05) is 22.6 Å². The molecule has 1 atom stereocenters. The van der Waals surface area contributed by atoms with Gasteiger partial charge in [-0.3, -0.25) is 0 Å². The van der Waals surface area contributed by atoms with Crippen molar-refractivity contribution in [2.45, 2.75) is 25.0 Å². The van der Waals surface area contributed by atoms with Gasteiger partial charge in [0.05, 0.1) is 0 Å². The predicted molar refractivity (Wildman–Crippen MR) is 34.6 cm³/mol. The van der Waals surface area contributed by atoms with E-state index in [0.717, 1.165) is 6.61 Å². The summed E-state index contributed by atoms with van der Waals surface area (Å²) >= 11 is 0. The number of ether oxygens (including phenoxy) is 1. The molecule has 0 aromatic heterocycles. The van der Waals surface area contributed by atoms with E-state index in [1.165, 1.54) is 29.5 Å². The van der Waals surface area contributed by atoms with Gasteiger partial charge in [-0.2, -0.15) is 0 Å². The second kappa shape index (κ2) is 5.59. The SMILES string of the molecule is [H-].[K+].[SiH3]C1CCCCO1. The summed E-state index contributed by atoms with van der Waals surface area (Å²) in [7, 11) is 1.23. The normalized spacial score (nSPS) is 29.2. The van der Waals surface area contributed by atoms with Gasteiger partial charge in [0.25, 0.3) is 0 Å². The van der Waals surface area contributed by atoms with E-state index in [-0.39, 0.29) is 52.8 Å². The minimum absolute atomic E-state index is 0. The van der Waals surface area contributed by atoms with Crippen LogP contribution < -0.4 is 51.4 Å². The van der Waals surface area contributed by atoms with Crippen molar-refractivity contribution in [1.82, 2.24) is 0 Å². The predicted octanol–water partition coefficient (Wildman–Crippen LogP) is -3.01. The Morgan fingerprint density at radius 3 is 2.50 bits per heavy atom. The zero-order chi connectivity index (χ0) is 5.11. The molecular formula is C5H13KOSi. The molecule has 0 aromatic carbocycles. The molecule has 8 heavy (non-hydrogen) atoms. The van der Waals surface area contributed by atoms with E-state index in [1.807, 2.05) is 0 Å². The summed E-state index contributed by atoms with van der Waals surface area (Å²) in [5.74, 6) is 0. The summed E-state index contributed by atoms with van der Waals surface area (Å²) in [6.45, 7) is 1.02. The number of rotatable bonds is 0. The van der Waals surface area contributed by atoms with Gasteiger partial charge < -0.3 is 6.16 Å². The quantitative estimate of drug-likeness (QED) is 0.340. The third-order valence-corrected chi connectivity index (χ3v) is 2.32. The monoisotopic (exact) mass is 156 g/mol. The molecule has 0 spiro atoms. The topological polar surface area (TPSA) is 9.23 Å². The maximum atomic E-state index is 5.34. The molecule has 0 bridgehead atoms. The summed E-state index contributed by atoms with van der Waals surface area (Å²) in [6, 6.07) is 0. The fourth-order valence-electron chi connectivity index (χ4n) is 0.902. The minimum atomic E-state index is 0. The second-order valence-corrected chi connectivity index (χ2v) is 3.47. The summed E-state index contributed by atoms with van der Waals surface area (Å²) in [5.41, 5.74) is 0.675. The summed E-state index contributed by atoms with van der Waals surface area (Å²) < 4.78 is 5.34. The van der Waals surface area contributed by atoms with Crippen LogP contribution in [0, 0.1) is 0 Å². The minimum Gasteiger partial charge on any atom is -1.00 e. The number of hydrogen-bond acceptors (Lipinski definition) is 1. The molecule has 0 amide bonds. The van der Waals surface area contributed by atoms with Crippen molar-refractivity contribution in [3.8, 4) is 0 Å². The average molecular weight is 156 g/mol. The zero-order valence-corrected chi connectivity index (χ0v) is 10.9. The van der Waals surface area contributed by atoms with Gasteiger partial charge in [0.1, 0.15) is 0 Å². The van der Waals surface area contributed by atoms with Gasteiger partial charge in [-0.1, -0.05) is 0 Å². The van der Waals surface area contributed by atoms with E-state index in [0.29, 0.717) is 5.73 Å². The van der Waals surface area contributed by atoms with Crippen molar-refractivity contribution in [2.24, 2.45) is 0 Å². The maximum Gasteiger partial charge on any atom is 1.00 e. The molecule has 1 aliphatic heterocycles. The molecule has 0 aromatic rings. The van der Waals surface area contributed by atoms with E-state index in [2.05, 4.69) is 0 Å². The van der Waals surface area contributed by atoms with Crippen molar-refractivity contribution in [3.63, 3.8) is 0 Å². The third-order valence-electron chi connectivity index (χ3n) is 1.41. The first-order valence-electron chi connectivity index (χ1n) is 3.01. The van der Waals surface area contributed by atoms with Crippen LogP contribution in [0.4, 0.5) is 0 Å². The van der Waals surface area contributed by atoms with E-state index in [9.17, 15) is 0 Å². The van der Waals surface area contributed by atoms with Crippen LogP contribution in [0.2, 0.25) is 0 Å². The fraction of sp³-hybridized carbons (Fsp3) is 1.00. The van der Waals surface area contributed by atoms with Gasteiger partial charge in [-0.25, -0.2) is 0 Å². The molecule has 44 valence electrons. The molecule has 0 N–H and O–H groups in total. The van der Waals surface area contributed by atoms with Gasteiger partial charge in [-0.15, -0.1) is 0 Å². The molecule has 1 nitrogen and oxygen atoms in total.